The van der Waals surface area contributed by atoms with Gasteiger partial charge in [-0.3, -0.25) is 0 Å². The van der Waals surface area contributed by atoms with E-state index in [4.69, 9.17) is 15.2 Å². The molecule has 8 nitrogen and oxygen atoms in total. The number of hydrogen-bond acceptors (Lipinski definition) is 7. The van der Waals surface area contributed by atoms with Crippen LogP contribution < -0.4 is 15.2 Å². The normalized spacial score (nSPS) is 11.0. The van der Waals surface area contributed by atoms with Crippen LogP contribution in [-0.4, -0.2) is 39.7 Å². The summed E-state index contributed by atoms with van der Waals surface area (Å²) in [7, 11) is 0. The Hall–Kier alpha value is -2.16. The van der Waals surface area contributed by atoms with Gasteiger partial charge in [0.25, 0.3) is 5.95 Å². The molecule has 1 aromatic heterocycles. The van der Waals surface area contributed by atoms with Crippen molar-refractivity contribution in [1.82, 2.24) is 20.3 Å². The van der Waals surface area contributed by atoms with E-state index in [1.165, 1.54) is 0 Å². The number of rotatable bonds is 6. The Balaban J connectivity index is 2.33. The summed E-state index contributed by atoms with van der Waals surface area (Å²) in [5.41, 5.74) is 6.33. The molecule has 0 atom stereocenters. The lowest BCUT2D eigenvalue weighted by atomic mass is 10.2. The van der Waals surface area contributed by atoms with Crippen LogP contribution >= 0.6 is 15.9 Å². The molecule has 1 heterocycles. The molecule has 0 radical (unpaired) electrons. The average Bonchev–Trinajstić information content (AvgIpc) is 2.86. The highest BCUT2D eigenvalue weighted by molar-refractivity contribution is 9.10. The molecule has 0 aliphatic rings. The van der Waals surface area contributed by atoms with E-state index in [1.807, 2.05) is 26.0 Å². The van der Waals surface area contributed by atoms with E-state index in [9.17, 15) is 0 Å². The molecule has 0 aliphatic carbocycles. The van der Waals surface area contributed by atoms with Crippen molar-refractivity contribution in [2.24, 2.45) is 5.10 Å². The number of tetrazole rings is 1. The maximum Gasteiger partial charge on any atom is 0.263 e. The van der Waals surface area contributed by atoms with Crippen molar-refractivity contribution < 1.29 is 9.47 Å². The lowest BCUT2D eigenvalue weighted by molar-refractivity contribution is 0.287. The zero-order valence-electron chi connectivity index (χ0n) is 11.7. The van der Waals surface area contributed by atoms with Crippen molar-refractivity contribution in [3.63, 3.8) is 0 Å². The van der Waals surface area contributed by atoms with Crippen LogP contribution in [0.5, 0.6) is 11.5 Å². The zero-order chi connectivity index (χ0) is 15.2. The fourth-order valence-corrected chi connectivity index (χ4v) is 2.00. The van der Waals surface area contributed by atoms with E-state index < -0.39 is 0 Å². The molecule has 21 heavy (non-hydrogen) atoms. The van der Waals surface area contributed by atoms with Gasteiger partial charge in [-0.1, -0.05) is 9.89 Å². The molecule has 0 saturated heterocycles. The minimum atomic E-state index is 0.110. The van der Waals surface area contributed by atoms with Gasteiger partial charge in [0.2, 0.25) is 0 Å². The van der Waals surface area contributed by atoms with Crippen molar-refractivity contribution in [1.29, 1.82) is 0 Å². The maximum atomic E-state index is 5.57. The second-order valence-corrected chi connectivity index (χ2v) is 4.71. The fourth-order valence-electron chi connectivity index (χ4n) is 1.58. The van der Waals surface area contributed by atoms with Crippen LogP contribution in [0.3, 0.4) is 0 Å². The summed E-state index contributed by atoms with van der Waals surface area (Å²) in [4.78, 5) is 1.13. The molecule has 0 unspecified atom stereocenters. The molecule has 1 aromatic carbocycles. The van der Waals surface area contributed by atoms with E-state index >= 15 is 0 Å². The number of nitrogens with two attached hydrogens (primary N) is 1. The third kappa shape index (κ3) is 3.69. The van der Waals surface area contributed by atoms with Crippen LogP contribution in [0, 0.1) is 0 Å². The summed E-state index contributed by atoms with van der Waals surface area (Å²) in [6.07, 6.45) is 1.58. The zero-order valence-corrected chi connectivity index (χ0v) is 13.2. The summed E-state index contributed by atoms with van der Waals surface area (Å²) < 4.78 is 11.9. The second-order valence-electron chi connectivity index (χ2n) is 3.86. The third-order valence-corrected chi connectivity index (χ3v) is 3.13. The monoisotopic (exact) mass is 354 g/mol. The first-order valence-corrected chi connectivity index (χ1v) is 7.12. The van der Waals surface area contributed by atoms with Gasteiger partial charge in [-0.25, -0.2) is 0 Å². The quantitative estimate of drug-likeness (QED) is 0.792. The Bertz CT molecular complexity index is 643. The van der Waals surface area contributed by atoms with Crippen LogP contribution in [0.25, 0.3) is 0 Å². The predicted molar refractivity (Wildman–Crippen MR) is 81.7 cm³/mol. The molecule has 112 valence electrons. The van der Waals surface area contributed by atoms with Crippen molar-refractivity contribution >= 4 is 28.1 Å². The van der Waals surface area contributed by atoms with E-state index in [2.05, 4.69) is 36.6 Å². The molecule has 0 fully saturated rings. The first-order chi connectivity index (χ1) is 10.2. The molecule has 0 spiro atoms. The van der Waals surface area contributed by atoms with Gasteiger partial charge >= 0.3 is 0 Å². The van der Waals surface area contributed by atoms with Gasteiger partial charge in [-0.15, -0.1) is 0 Å². The Morgan fingerprint density at radius 1 is 1.29 bits per heavy atom. The maximum absolute atomic E-state index is 5.57. The van der Waals surface area contributed by atoms with E-state index in [1.54, 1.807) is 6.21 Å². The van der Waals surface area contributed by atoms with Crippen LogP contribution in [0.1, 0.15) is 19.4 Å². The molecule has 2 rings (SSSR count). The summed E-state index contributed by atoms with van der Waals surface area (Å²) in [5, 5.41) is 14.7. The molecule has 2 aromatic rings. The number of nitrogens with zero attached hydrogens (tertiary/aromatic N) is 5. The van der Waals surface area contributed by atoms with Gasteiger partial charge in [0.05, 0.1) is 19.4 Å². The SMILES string of the molecule is CCOc1cc(Br)c(C=Nn2nnnc2N)cc1OCC. The van der Waals surface area contributed by atoms with Crippen molar-refractivity contribution in [3.8, 4) is 11.5 Å². The summed E-state index contributed by atoms with van der Waals surface area (Å²) in [6.45, 7) is 4.92. The standard InChI is InChI=1S/C12H15BrN6O2/c1-3-20-10-5-8(9(13)6-11(10)21-4-2)7-15-19-12(14)16-17-18-19/h5-7H,3-4H2,1-2H3,(H2,14,16,18). The molecule has 0 aliphatic heterocycles. The summed E-state index contributed by atoms with van der Waals surface area (Å²) in [5.74, 6) is 1.43. The Labute approximate surface area is 130 Å². The molecule has 0 saturated carbocycles. The number of aromatic nitrogens is 4. The summed E-state index contributed by atoms with van der Waals surface area (Å²) >= 11 is 3.47. The van der Waals surface area contributed by atoms with Crippen LogP contribution in [0.4, 0.5) is 5.95 Å². The van der Waals surface area contributed by atoms with Gasteiger partial charge < -0.3 is 15.2 Å². The minimum Gasteiger partial charge on any atom is -0.490 e. The number of benzene rings is 1. The predicted octanol–water partition coefficient (Wildman–Crippen LogP) is 1.70. The molecule has 9 heteroatoms. The number of ether oxygens (including phenoxy) is 2. The Morgan fingerprint density at radius 2 is 1.95 bits per heavy atom. The van der Waals surface area contributed by atoms with Crippen LogP contribution in [0.15, 0.2) is 21.7 Å². The van der Waals surface area contributed by atoms with Gasteiger partial charge in [0, 0.05) is 10.0 Å². The van der Waals surface area contributed by atoms with E-state index in [-0.39, 0.29) is 5.95 Å². The fraction of sp³-hybridized carbons (Fsp3) is 0.333. The number of anilines is 1. The topological polar surface area (TPSA) is 100 Å². The molecular formula is C12H15BrN6O2. The molecule has 2 N–H and O–H groups in total. The van der Waals surface area contributed by atoms with E-state index in [0.29, 0.717) is 24.7 Å². The van der Waals surface area contributed by atoms with Gasteiger partial charge in [-0.2, -0.15) is 5.10 Å². The first-order valence-electron chi connectivity index (χ1n) is 6.33. The minimum absolute atomic E-state index is 0.110. The average molecular weight is 355 g/mol. The van der Waals surface area contributed by atoms with Gasteiger partial charge in [0.15, 0.2) is 11.5 Å². The highest BCUT2D eigenvalue weighted by atomic mass is 79.9. The second kappa shape index (κ2) is 7.02. The molecule has 0 bridgehead atoms. The lowest BCUT2D eigenvalue weighted by Crippen LogP contribution is -2.02. The Morgan fingerprint density at radius 3 is 2.52 bits per heavy atom. The highest BCUT2D eigenvalue weighted by Gasteiger charge is 2.10. The van der Waals surface area contributed by atoms with Crippen molar-refractivity contribution in [2.45, 2.75) is 13.8 Å². The van der Waals surface area contributed by atoms with Crippen LogP contribution in [0.2, 0.25) is 0 Å². The van der Waals surface area contributed by atoms with Crippen LogP contribution in [-0.2, 0) is 0 Å². The third-order valence-electron chi connectivity index (χ3n) is 2.45. The van der Waals surface area contributed by atoms with Crippen molar-refractivity contribution in [2.75, 3.05) is 18.9 Å². The number of nitrogen functional groups attached to an aromatic ring is 1. The van der Waals surface area contributed by atoms with Gasteiger partial charge in [0.1, 0.15) is 0 Å². The largest absolute Gasteiger partial charge is 0.490 e. The number of halogens is 1. The molecular weight excluding hydrogens is 340 g/mol. The van der Waals surface area contributed by atoms with E-state index in [0.717, 1.165) is 14.8 Å². The Kier molecular flexibility index (Phi) is 5.09. The van der Waals surface area contributed by atoms with Crippen molar-refractivity contribution in [3.05, 3.63) is 22.2 Å². The molecule has 0 amide bonds. The summed E-state index contributed by atoms with van der Waals surface area (Å²) in [6, 6.07) is 3.65. The lowest BCUT2D eigenvalue weighted by Gasteiger charge is -2.12. The smallest absolute Gasteiger partial charge is 0.263 e. The van der Waals surface area contributed by atoms with Gasteiger partial charge in [-0.05, 0) is 52.3 Å². The first kappa shape index (κ1) is 15.2. The highest BCUT2D eigenvalue weighted by Crippen LogP contribution is 2.33. The number of hydrogen-bond donors (Lipinski definition) is 1.